The molecule has 192 valence electrons. The van der Waals surface area contributed by atoms with E-state index in [1.54, 1.807) is 13.0 Å². The van der Waals surface area contributed by atoms with Crippen LogP contribution in [0.25, 0.3) is 0 Å². The first-order chi connectivity index (χ1) is 16.5. The Hall–Kier alpha value is -3.27. The van der Waals surface area contributed by atoms with Crippen LogP contribution in [0.1, 0.15) is 31.4 Å². The average Bonchev–Trinajstić information content (AvgIpc) is 2.83. The van der Waals surface area contributed by atoms with Crippen LogP contribution in [-0.2, 0) is 26.2 Å². The van der Waals surface area contributed by atoms with Crippen molar-refractivity contribution in [3.05, 3.63) is 53.6 Å². The van der Waals surface area contributed by atoms with Crippen molar-refractivity contribution in [3.63, 3.8) is 0 Å². The summed E-state index contributed by atoms with van der Waals surface area (Å²) in [6, 6.07) is 11.4. The molecule has 0 aromatic heterocycles. The largest absolute Gasteiger partial charge is 0.493 e. The number of sulfonamides is 1. The predicted molar refractivity (Wildman–Crippen MR) is 136 cm³/mol. The van der Waals surface area contributed by atoms with E-state index in [2.05, 4.69) is 5.32 Å². The summed E-state index contributed by atoms with van der Waals surface area (Å²) in [5, 5.41) is 2.81. The van der Waals surface area contributed by atoms with Crippen molar-refractivity contribution >= 4 is 27.5 Å². The van der Waals surface area contributed by atoms with Crippen molar-refractivity contribution < 1.29 is 27.5 Å². The number of carbonyl (C=O) groups excluding carboxylic acids is 2. The van der Waals surface area contributed by atoms with E-state index in [0.29, 0.717) is 18.0 Å². The summed E-state index contributed by atoms with van der Waals surface area (Å²) >= 11 is 0. The molecule has 0 radical (unpaired) electrons. The number of amides is 2. The quantitative estimate of drug-likeness (QED) is 0.476. The minimum Gasteiger partial charge on any atom is -0.493 e. The van der Waals surface area contributed by atoms with Crippen molar-refractivity contribution in [1.29, 1.82) is 0 Å². The van der Waals surface area contributed by atoms with Crippen LogP contribution < -0.4 is 19.1 Å². The number of hydrogen-bond donors (Lipinski definition) is 1. The second kappa shape index (κ2) is 12.4. The van der Waals surface area contributed by atoms with Crippen molar-refractivity contribution in [2.75, 3.05) is 37.9 Å². The number of nitrogens with zero attached hydrogens (tertiary/aromatic N) is 2. The van der Waals surface area contributed by atoms with Crippen LogP contribution in [-0.4, -0.2) is 64.7 Å². The highest BCUT2D eigenvalue weighted by atomic mass is 32.2. The van der Waals surface area contributed by atoms with Gasteiger partial charge in [0.2, 0.25) is 21.8 Å². The second-order valence-electron chi connectivity index (χ2n) is 8.28. The zero-order valence-electron chi connectivity index (χ0n) is 21.2. The first-order valence-electron chi connectivity index (χ1n) is 11.3. The van der Waals surface area contributed by atoms with Crippen molar-refractivity contribution in [1.82, 2.24) is 10.2 Å². The Labute approximate surface area is 208 Å². The van der Waals surface area contributed by atoms with Gasteiger partial charge in [-0.1, -0.05) is 36.8 Å². The Morgan fingerprint density at radius 1 is 1.03 bits per heavy atom. The fourth-order valence-corrected chi connectivity index (χ4v) is 4.30. The minimum absolute atomic E-state index is 0.156. The lowest BCUT2D eigenvalue weighted by molar-refractivity contribution is -0.139. The third kappa shape index (κ3) is 7.61. The van der Waals surface area contributed by atoms with Gasteiger partial charge in [-0.3, -0.25) is 13.9 Å². The van der Waals surface area contributed by atoms with E-state index < -0.39 is 28.5 Å². The molecule has 0 aliphatic carbocycles. The molecule has 1 unspecified atom stereocenters. The number of rotatable bonds is 12. The standard InChI is InChI=1S/C25H35N3O6S/c1-7-14-26-25(30)19(3)27(16-20-10-8-18(2)9-11-20)24(29)17-28(35(6,31)32)21-12-13-22(33-4)23(15-21)34-5/h8-13,15,19H,7,14,16-17H2,1-6H3,(H,26,30). The van der Waals surface area contributed by atoms with Gasteiger partial charge < -0.3 is 19.7 Å². The highest BCUT2D eigenvalue weighted by molar-refractivity contribution is 7.92. The summed E-state index contributed by atoms with van der Waals surface area (Å²) in [5.74, 6) is -0.0533. The van der Waals surface area contributed by atoms with E-state index in [9.17, 15) is 18.0 Å². The van der Waals surface area contributed by atoms with Crippen LogP contribution in [0.2, 0.25) is 0 Å². The number of nitrogens with one attached hydrogen (secondary N) is 1. The molecule has 0 fully saturated rings. The molecule has 2 amide bonds. The number of benzene rings is 2. The van der Waals surface area contributed by atoms with Crippen molar-refractivity contribution in [3.8, 4) is 11.5 Å². The van der Waals surface area contributed by atoms with Gasteiger partial charge in [0.25, 0.3) is 0 Å². The molecule has 0 aliphatic rings. The molecule has 0 spiro atoms. The Bertz CT molecular complexity index is 1120. The zero-order valence-corrected chi connectivity index (χ0v) is 22.0. The predicted octanol–water partition coefficient (Wildman–Crippen LogP) is 2.72. The SMILES string of the molecule is CCCNC(=O)C(C)N(Cc1ccc(C)cc1)C(=O)CN(c1ccc(OC)c(OC)c1)S(C)(=O)=O. The number of ether oxygens (including phenoxy) is 2. The molecular weight excluding hydrogens is 470 g/mol. The molecule has 0 saturated carbocycles. The Morgan fingerprint density at radius 3 is 2.20 bits per heavy atom. The maximum absolute atomic E-state index is 13.5. The summed E-state index contributed by atoms with van der Waals surface area (Å²) in [4.78, 5) is 27.7. The third-order valence-electron chi connectivity index (χ3n) is 5.52. The highest BCUT2D eigenvalue weighted by Gasteiger charge is 2.30. The van der Waals surface area contributed by atoms with Gasteiger partial charge in [-0.15, -0.1) is 0 Å². The molecule has 10 heteroatoms. The molecular formula is C25H35N3O6S. The van der Waals surface area contributed by atoms with Gasteiger partial charge >= 0.3 is 0 Å². The molecule has 35 heavy (non-hydrogen) atoms. The van der Waals surface area contributed by atoms with Crippen LogP contribution in [0.5, 0.6) is 11.5 Å². The van der Waals surface area contributed by atoms with Gasteiger partial charge in [0, 0.05) is 19.2 Å². The second-order valence-corrected chi connectivity index (χ2v) is 10.2. The van der Waals surface area contributed by atoms with Crippen LogP contribution in [0.15, 0.2) is 42.5 Å². The summed E-state index contributed by atoms with van der Waals surface area (Å²) in [6.07, 6.45) is 1.78. The monoisotopic (exact) mass is 505 g/mol. The van der Waals surface area contributed by atoms with Crippen LogP contribution in [0, 0.1) is 6.92 Å². The van der Waals surface area contributed by atoms with Crippen LogP contribution in [0.4, 0.5) is 5.69 Å². The van der Waals surface area contributed by atoms with Gasteiger partial charge in [0.15, 0.2) is 11.5 Å². The lowest BCUT2D eigenvalue weighted by Gasteiger charge is -2.31. The number of aryl methyl sites for hydroxylation is 1. The molecule has 0 saturated heterocycles. The molecule has 1 atom stereocenters. The number of methoxy groups -OCH3 is 2. The minimum atomic E-state index is -3.84. The Morgan fingerprint density at radius 2 is 1.66 bits per heavy atom. The van der Waals surface area contributed by atoms with E-state index >= 15 is 0 Å². The van der Waals surface area contributed by atoms with Gasteiger partial charge in [-0.2, -0.15) is 0 Å². The van der Waals surface area contributed by atoms with Crippen LogP contribution in [0.3, 0.4) is 0 Å². The normalized spacial score (nSPS) is 11.9. The van der Waals surface area contributed by atoms with E-state index in [4.69, 9.17) is 9.47 Å². The lowest BCUT2D eigenvalue weighted by atomic mass is 10.1. The number of carbonyl (C=O) groups is 2. The molecule has 2 aromatic carbocycles. The average molecular weight is 506 g/mol. The van der Waals surface area contributed by atoms with Gasteiger partial charge in [0.1, 0.15) is 12.6 Å². The number of anilines is 1. The first-order valence-corrected chi connectivity index (χ1v) is 13.2. The van der Waals surface area contributed by atoms with Gasteiger partial charge in [-0.25, -0.2) is 8.42 Å². The Kier molecular flexibility index (Phi) is 9.94. The van der Waals surface area contributed by atoms with Crippen LogP contribution >= 0.6 is 0 Å². The first kappa shape index (κ1) is 28.0. The van der Waals surface area contributed by atoms with Gasteiger partial charge in [-0.05, 0) is 38.0 Å². The van der Waals surface area contributed by atoms with E-state index in [1.807, 2.05) is 38.1 Å². The maximum Gasteiger partial charge on any atom is 0.244 e. The molecule has 9 nitrogen and oxygen atoms in total. The Balaban J connectivity index is 2.41. The van der Waals surface area contributed by atoms with E-state index in [0.717, 1.165) is 28.1 Å². The molecule has 0 heterocycles. The molecule has 0 bridgehead atoms. The molecule has 2 rings (SSSR count). The summed E-state index contributed by atoms with van der Waals surface area (Å²) < 4.78 is 36.9. The lowest BCUT2D eigenvalue weighted by Crippen LogP contribution is -2.51. The fourth-order valence-electron chi connectivity index (χ4n) is 3.46. The number of hydrogen-bond acceptors (Lipinski definition) is 6. The van der Waals surface area contributed by atoms with Gasteiger partial charge in [0.05, 0.1) is 26.2 Å². The fraction of sp³-hybridized carbons (Fsp3) is 0.440. The van der Waals surface area contributed by atoms with E-state index in [1.165, 1.54) is 31.3 Å². The zero-order chi connectivity index (χ0) is 26.2. The molecule has 1 N–H and O–H groups in total. The molecule has 0 aliphatic heterocycles. The molecule has 2 aromatic rings. The van der Waals surface area contributed by atoms with Crippen molar-refractivity contribution in [2.45, 2.75) is 39.8 Å². The smallest absolute Gasteiger partial charge is 0.244 e. The maximum atomic E-state index is 13.5. The van der Waals surface area contributed by atoms with E-state index in [-0.39, 0.29) is 18.1 Å². The highest BCUT2D eigenvalue weighted by Crippen LogP contribution is 2.32. The summed E-state index contributed by atoms with van der Waals surface area (Å²) in [7, 11) is -0.923. The summed E-state index contributed by atoms with van der Waals surface area (Å²) in [5.41, 5.74) is 2.14. The van der Waals surface area contributed by atoms with Crippen molar-refractivity contribution in [2.24, 2.45) is 0 Å². The summed E-state index contributed by atoms with van der Waals surface area (Å²) in [6.45, 7) is 5.69. The third-order valence-corrected chi connectivity index (χ3v) is 6.66. The topological polar surface area (TPSA) is 105 Å².